The molecule has 1 heterocycles. The minimum absolute atomic E-state index is 0. The number of halogens is 1. The first-order chi connectivity index (χ1) is 9.97. The van der Waals surface area contributed by atoms with Gasteiger partial charge in [0.2, 0.25) is 0 Å². The smallest absolute Gasteiger partial charge is 0.163 e. The molecule has 0 fully saturated rings. The number of unbranched alkanes of at least 4 members (excludes halogenated alkanes) is 1. The number of rotatable bonds is 5. The number of nitrogen functional groups attached to an aromatic ring is 1. The second-order valence-corrected chi connectivity index (χ2v) is 5.65. The van der Waals surface area contributed by atoms with E-state index < -0.39 is 0 Å². The minimum Gasteiger partial charge on any atom is -0.396 e. The van der Waals surface area contributed by atoms with Gasteiger partial charge in [-0.1, -0.05) is 43.2 Å². The van der Waals surface area contributed by atoms with Crippen LogP contribution >= 0.6 is 12.4 Å². The van der Waals surface area contributed by atoms with E-state index in [1.54, 1.807) is 6.92 Å². The van der Waals surface area contributed by atoms with Crippen LogP contribution in [-0.2, 0) is 6.54 Å². The minimum atomic E-state index is 0. The van der Waals surface area contributed by atoms with Crippen molar-refractivity contribution in [3.05, 3.63) is 41.1 Å². The molecule has 0 aliphatic carbocycles. The number of hydrogen-bond donors (Lipinski definition) is 1. The third-order valence-electron chi connectivity index (χ3n) is 3.97. The number of benzene rings is 1. The van der Waals surface area contributed by atoms with E-state index in [2.05, 4.69) is 42.7 Å². The highest BCUT2D eigenvalue weighted by atomic mass is 35.5. The fourth-order valence-electron chi connectivity index (χ4n) is 2.82. The Hall–Kier alpha value is -1.74. The molecule has 120 valence electrons. The topological polar surface area (TPSA) is 48.0 Å². The van der Waals surface area contributed by atoms with Crippen LogP contribution in [0.4, 0.5) is 5.69 Å². The molecule has 3 nitrogen and oxygen atoms in total. The number of Topliss-reactive ketones (excluding diaryl/α,β-unsaturated/α-hetero) is 1. The molecule has 0 amide bonds. The summed E-state index contributed by atoms with van der Waals surface area (Å²) in [5.41, 5.74) is 11.8. The van der Waals surface area contributed by atoms with Gasteiger partial charge >= 0.3 is 0 Å². The van der Waals surface area contributed by atoms with Crippen LogP contribution in [0.15, 0.2) is 24.3 Å². The maximum atomic E-state index is 11.9. The number of carbonyl (C=O) groups is 1. The molecule has 0 aliphatic heterocycles. The van der Waals surface area contributed by atoms with Gasteiger partial charge in [0.15, 0.2) is 5.78 Å². The Kier molecular flexibility index (Phi) is 6.24. The van der Waals surface area contributed by atoms with Gasteiger partial charge in [-0.15, -0.1) is 12.4 Å². The lowest BCUT2D eigenvalue weighted by molar-refractivity contribution is 0.101. The zero-order valence-corrected chi connectivity index (χ0v) is 14.6. The van der Waals surface area contributed by atoms with Gasteiger partial charge in [-0.3, -0.25) is 4.79 Å². The number of aromatic nitrogens is 1. The molecule has 0 unspecified atom stereocenters. The molecular weight excluding hydrogens is 296 g/mol. The van der Waals surface area contributed by atoms with E-state index in [0.29, 0.717) is 11.3 Å². The third-order valence-corrected chi connectivity index (χ3v) is 3.97. The molecule has 4 heteroatoms. The number of hydrogen-bond acceptors (Lipinski definition) is 2. The van der Waals surface area contributed by atoms with Crippen molar-refractivity contribution in [1.29, 1.82) is 0 Å². The predicted molar refractivity (Wildman–Crippen MR) is 95.9 cm³/mol. The first-order valence-corrected chi connectivity index (χ1v) is 7.53. The SMILES string of the molecule is CCCCn1c(C)c(C(C)=O)c(N)c1-c1ccc(C)cc1.Cl. The van der Waals surface area contributed by atoms with Gasteiger partial charge in [0.1, 0.15) is 0 Å². The molecule has 0 aliphatic rings. The highest BCUT2D eigenvalue weighted by molar-refractivity contribution is 6.04. The number of nitrogens with zero attached hydrogens (tertiary/aromatic N) is 1. The Bertz CT molecular complexity index is 657. The van der Waals surface area contributed by atoms with Gasteiger partial charge in [-0.05, 0) is 27.2 Å². The molecule has 0 radical (unpaired) electrons. The van der Waals surface area contributed by atoms with Gasteiger partial charge in [0.05, 0.1) is 16.9 Å². The quantitative estimate of drug-likeness (QED) is 0.806. The Balaban J connectivity index is 0.00000242. The summed E-state index contributed by atoms with van der Waals surface area (Å²) in [7, 11) is 0. The van der Waals surface area contributed by atoms with Crippen molar-refractivity contribution in [2.75, 3.05) is 5.73 Å². The second kappa shape index (κ2) is 7.50. The van der Waals surface area contributed by atoms with Crippen molar-refractivity contribution in [2.45, 2.75) is 47.1 Å². The van der Waals surface area contributed by atoms with Crippen molar-refractivity contribution in [2.24, 2.45) is 0 Å². The summed E-state index contributed by atoms with van der Waals surface area (Å²) >= 11 is 0. The summed E-state index contributed by atoms with van der Waals surface area (Å²) in [5, 5.41) is 0. The molecule has 0 atom stereocenters. The van der Waals surface area contributed by atoms with Crippen molar-refractivity contribution < 1.29 is 4.79 Å². The van der Waals surface area contributed by atoms with Crippen LogP contribution in [0, 0.1) is 13.8 Å². The van der Waals surface area contributed by atoms with Crippen LogP contribution < -0.4 is 5.73 Å². The number of nitrogens with two attached hydrogens (primary N) is 1. The molecular formula is C18H25ClN2O. The molecule has 0 bridgehead atoms. The lowest BCUT2D eigenvalue weighted by Crippen LogP contribution is -2.04. The summed E-state index contributed by atoms with van der Waals surface area (Å²) < 4.78 is 2.19. The molecule has 2 rings (SSSR count). The third kappa shape index (κ3) is 3.36. The maximum absolute atomic E-state index is 11.9. The monoisotopic (exact) mass is 320 g/mol. The van der Waals surface area contributed by atoms with Crippen LogP contribution in [0.3, 0.4) is 0 Å². The second-order valence-electron chi connectivity index (χ2n) is 5.65. The predicted octanol–water partition coefficient (Wildman–Crippen LogP) is 4.78. The van der Waals surface area contributed by atoms with E-state index in [9.17, 15) is 4.79 Å². The maximum Gasteiger partial charge on any atom is 0.163 e. The van der Waals surface area contributed by atoms with Gasteiger partial charge in [-0.2, -0.15) is 0 Å². The molecule has 0 saturated heterocycles. The Labute approximate surface area is 138 Å². The van der Waals surface area contributed by atoms with Gasteiger partial charge in [0.25, 0.3) is 0 Å². The number of anilines is 1. The van der Waals surface area contributed by atoms with Crippen molar-refractivity contribution in [3.63, 3.8) is 0 Å². The van der Waals surface area contributed by atoms with Gasteiger partial charge < -0.3 is 10.3 Å². The normalized spacial score (nSPS) is 10.4. The first-order valence-electron chi connectivity index (χ1n) is 7.53. The Morgan fingerprint density at radius 3 is 2.27 bits per heavy atom. The zero-order valence-electron chi connectivity index (χ0n) is 13.8. The first kappa shape index (κ1) is 18.3. The summed E-state index contributed by atoms with van der Waals surface area (Å²) in [5.74, 6) is 0.0358. The van der Waals surface area contributed by atoms with E-state index >= 15 is 0 Å². The lowest BCUT2D eigenvalue weighted by atomic mass is 10.1. The highest BCUT2D eigenvalue weighted by Gasteiger charge is 2.21. The van der Waals surface area contributed by atoms with Crippen LogP contribution in [0.1, 0.15) is 48.3 Å². The molecule has 2 aromatic rings. The van der Waals surface area contributed by atoms with E-state index in [4.69, 9.17) is 5.73 Å². The summed E-state index contributed by atoms with van der Waals surface area (Å²) in [6.45, 7) is 8.69. The van der Waals surface area contributed by atoms with Crippen LogP contribution in [0.5, 0.6) is 0 Å². The van der Waals surface area contributed by atoms with E-state index in [1.807, 2.05) is 6.92 Å². The molecule has 1 aromatic carbocycles. The number of carbonyl (C=O) groups excluding carboxylic acids is 1. The Morgan fingerprint density at radius 1 is 1.18 bits per heavy atom. The van der Waals surface area contributed by atoms with Crippen molar-refractivity contribution >= 4 is 23.9 Å². The Morgan fingerprint density at radius 2 is 1.77 bits per heavy atom. The largest absolute Gasteiger partial charge is 0.396 e. The molecule has 22 heavy (non-hydrogen) atoms. The van der Waals surface area contributed by atoms with Crippen LogP contribution in [-0.4, -0.2) is 10.4 Å². The molecule has 1 aromatic heterocycles. The number of ketones is 1. The van der Waals surface area contributed by atoms with E-state index in [1.165, 1.54) is 5.56 Å². The fraction of sp³-hybridized carbons (Fsp3) is 0.389. The van der Waals surface area contributed by atoms with Crippen molar-refractivity contribution in [1.82, 2.24) is 4.57 Å². The molecule has 2 N–H and O–H groups in total. The molecule has 0 saturated carbocycles. The standard InChI is InChI=1S/C18H24N2O.ClH/c1-5-6-11-20-13(3)16(14(4)21)17(19)18(20)15-9-7-12(2)8-10-15;/h7-10H,5-6,11,19H2,1-4H3;1H. The van der Waals surface area contributed by atoms with Crippen LogP contribution in [0.25, 0.3) is 11.3 Å². The highest BCUT2D eigenvalue weighted by Crippen LogP contribution is 2.34. The van der Waals surface area contributed by atoms with E-state index in [-0.39, 0.29) is 18.2 Å². The lowest BCUT2D eigenvalue weighted by Gasteiger charge is -2.12. The van der Waals surface area contributed by atoms with Crippen molar-refractivity contribution in [3.8, 4) is 11.3 Å². The molecule has 0 spiro atoms. The van der Waals surface area contributed by atoms with Gasteiger partial charge in [0, 0.05) is 17.8 Å². The van der Waals surface area contributed by atoms with E-state index in [0.717, 1.165) is 36.3 Å². The summed E-state index contributed by atoms with van der Waals surface area (Å²) in [4.78, 5) is 11.9. The zero-order chi connectivity index (χ0) is 15.6. The fourth-order valence-corrected chi connectivity index (χ4v) is 2.82. The summed E-state index contributed by atoms with van der Waals surface area (Å²) in [6.07, 6.45) is 2.19. The number of aryl methyl sites for hydroxylation is 1. The average molecular weight is 321 g/mol. The van der Waals surface area contributed by atoms with Gasteiger partial charge in [-0.25, -0.2) is 0 Å². The van der Waals surface area contributed by atoms with Crippen LogP contribution in [0.2, 0.25) is 0 Å². The summed E-state index contributed by atoms with van der Waals surface area (Å²) in [6, 6.07) is 8.31. The average Bonchev–Trinajstić information content (AvgIpc) is 2.68.